The summed E-state index contributed by atoms with van der Waals surface area (Å²) in [6.45, 7) is 1.97. The van der Waals surface area contributed by atoms with Gasteiger partial charge in [-0.15, -0.1) is 0 Å². The number of ether oxygens (including phenoxy) is 1. The van der Waals surface area contributed by atoms with Crippen molar-refractivity contribution in [1.82, 2.24) is 10.1 Å². The van der Waals surface area contributed by atoms with Crippen molar-refractivity contribution in [3.63, 3.8) is 0 Å². The van der Waals surface area contributed by atoms with Crippen molar-refractivity contribution in [3.05, 3.63) is 24.0 Å². The second-order valence-electron chi connectivity index (χ2n) is 3.86. The molecule has 0 spiro atoms. The number of phenolic OH excluding ortho intramolecular Hbond substituents is 1. The molecule has 3 N–H and O–H groups in total. The van der Waals surface area contributed by atoms with E-state index >= 15 is 0 Å². The van der Waals surface area contributed by atoms with Crippen molar-refractivity contribution >= 4 is 5.69 Å². The van der Waals surface area contributed by atoms with Crippen LogP contribution in [-0.2, 0) is 4.74 Å². The summed E-state index contributed by atoms with van der Waals surface area (Å²) in [7, 11) is 1.60. The summed E-state index contributed by atoms with van der Waals surface area (Å²) in [4.78, 5) is 4.25. The van der Waals surface area contributed by atoms with Gasteiger partial charge in [-0.1, -0.05) is 12.1 Å². The molecule has 0 aliphatic rings. The molecule has 0 radical (unpaired) electrons. The van der Waals surface area contributed by atoms with Gasteiger partial charge in [0.15, 0.2) is 0 Å². The quantitative estimate of drug-likeness (QED) is 0.636. The van der Waals surface area contributed by atoms with E-state index in [4.69, 9.17) is 15.0 Å². The van der Waals surface area contributed by atoms with Gasteiger partial charge in [0.1, 0.15) is 11.9 Å². The summed E-state index contributed by atoms with van der Waals surface area (Å²) in [5, 5.41) is 13.2. The van der Waals surface area contributed by atoms with Crippen LogP contribution < -0.4 is 5.73 Å². The Kier molecular flexibility index (Phi) is 3.47. The predicted octanol–water partition coefficient (Wildman–Crippen LogP) is 2.12. The first-order valence-corrected chi connectivity index (χ1v) is 5.61. The van der Waals surface area contributed by atoms with Crippen LogP contribution >= 0.6 is 0 Å². The number of nitrogens with two attached hydrogens (primary N) is 1. The van der Waals surface area contributed by atoms with Crippen LogP contribution in [0.5, 0.6) is 5.75 Å². The Hall–Kier alpha value is -2.08. The van der Waals surface area contributed by atoms with Crippen LogP contribution in [0.25, 0.3) is 11.5 Å². The topological polar surface area (TPSA) is 94.4 Å². The molecule has 2 aromatic rings. The van der Waals surface area contributed by atoms with Gasteiger partial charge in [0.25, 0.3) is 5.89 Å². The summed E-state index contributed by atoms with van der Waals surface area (Å²) in [6, 6.07) is 4.74. The Morgan fingerprint density at radius 3 is 2.89 bits per heavy atom. The molecule has 2 rings (SSSR count). The summed E-state index contributed by atoms with van der Waals surface area (Å²) in [6.07, 6.45) is 0.574. The molecule has 18 heavy (non-hydrogen) atoms. The highest BCUT2D eigenvalue weighted by Crippen LogP contribution is 2.27. The summed E-state index contributed by atoms with van der Waals surface area (Å²) >= 11 is 0. The lowest BCUT2D eigenvalue weighted by atomic mass is 10.2. The van der Waals surface area contributed by atoms with E-state index in [1.54, 1.807) is 19.2 Å². The minimum atomic E-state index is -0.183. The molecule has 0 amide bonds. The van der Waals surface area contributed by atoms with Crippen molar-refractivity contribution in [2.75, 3.05) is 12.8 Å². The predicted molar refractivity (Wildman–Crippen MR) is 65.9 cm³/mol. The number of hydrogen-bond acceptors (Lipinski definition) is 6. The van der Waals surface area contributed by atoms with Crippen LogP contribution in [0.3, 0.4) is 0 Å². The molecule has 0 aliphatic carbocycles. The highest BCUT2D eigenvalue weighted by Gasteiger charge is 2.17. The van der Waals surface area contributed by atoms with Crippen molar-refractivity contribution in [1.29, 1.82) is 0 Å². The fourth-order valence-corrected chi connectivity index (χ4v) is 1.63. The maximum Gasteiger partial charge on any atom is 0.258 e. The molecule has 0 saturated carbocycles. The smallest absolute Gasteiger partial charge is 0.258 e. The first-order valence-electron chi connectivity index (χ1n) is 5.61. The molecule has 1 heterocycles. The molecule has 6 nitrogen and oxygen atoms in total. The van der Waals surface area contributed by atoms with Gasteiger partial charge >= 0.3 is 0 Å². The van der Waals surface area contributed by atoms with Gasteiger partial charge in [-0.3, -0.25) is 0 Å². The second-order valence-corrected chi connectivity index (χ2v) is 3.86. The van der Waals surface area contributed by atoms with E-state index in [1.807, 2.05) is 6.92 Å². The standard InChI is InChI=1S/C12H15N3O3/c1-3-10(17-2)11-14-12(18-15-11)7-4-5-9(16)8(13)6-7/h4-6,10,16H,3,13H2,1-2H3. The van der Waals surface area contributed by atoms with Crippen molar-refractivity contribution in [2.45, 2.75) is 19.4 Å². The Bertz CT molecular complexity index is 535. The van der Waals surface area contributed by atoms with Crippen LogP contribution in [0.15, 0.2) is 22.7 Å². The highest BCUT2D eigenvalue weighted by molar-refractivity contribution is 5.64. The van der Waals surface area contributed by atoms with Crippen LogP contribution in [0.1, 0.15) is 25.3 Å². The molecule has 0 aliphatic heterocycles. The van der Waals surface area contributed by atoms with Gasteiger partial charge in [-0.2, -0.15) is 4.98 Å². The van der Waals surface area contributed by atoms with Gasteiger partial charge in [-0.05, 0) is 24.6 Å². The lowest BCUT2D eigenvalue weighted by Crippen LogP contribution is -2.01. The molecule has 96 valence electrons. The van der Waals surface area contributed by atoms with Crippen LogP contribution in [-0.4, -0.2) is 22.4 Å². The molecule has 1 atom stereocenters. The van der Waals surface area contributed by atoms with Crippen molar-refractivity contribution in [2.24, 2.45) is 0 Å². The minimum absolute atomic E-state index is 0.0295. The number of anilines is 1. The first kappa shape index (κ1) is 12.4. The minimum Gasteiger partial charge on any atom is -0.506 e. The normalized spacial score (nSPS) is 12.6. The molecule has 0 bridgehead atoms. The molecule has 1 aromatic heterocycles. The zero-order chi connectivity index (χ0) is 13.1. The van der Waals surface area contributed by atoms with Crippen LogP contribution in [0.2, 0.25) is 0 Å². The molecular weight excluding hydrogens is 234 g/mol. The molecular formula is C12H15N3O3. The van der Waals surface area contributed by atoms with E-state index in [9.17, 15) is 5.11 Å². The molecule has 0 fully saturated rings. The number of benzene rings is 1. The Balaban J connectivity index is 2.31. The zero-order valence-electron chi connectivity index (χ0n) is 10.3. The van der Waals surface area contributed by atoms with Gasteiger partial charge in [0.05, 0.1) is 5.69 Å². The fraction of sp³-hybridized carbons (Fsp3) is 0.333. The fourth-order valence-electron chi connectivity index (χ4n) is 1.63. The monoisotopic (exact) mass is 249 g/mol. The van der Waals surface area contributed by atoms with E-state index in [1.165, 1.54) is 6.07 Å². The maximum atomic E-state index is 9.35. The largest absolute Gasteiger partial charge is 0.506 e. The Labute approximate surface area is 104 Å². The van der Waals surface area contributed by atoms with Crippen molar-refractivity contribution < 1.29 is 14.4 Å². The van der Waals surface area contributed by atoms with Crippen LogP contribution in [0.4, 0.5) is 5.69 Å². The Morgan fingerprint density at radius 2 is 2.28 bits per heavy atom. The maximum absolute atomic E-state index is 9.35. The number of rotatable bonds is 4. The van der Waals surface area contributed by atoms with Gasteiger partial charge < -0.3 is 20.1 Å². The van der Waals surface area contributed by atoms with Crippen molar-refractivity contribution in [3.8, 4) is 17.2 Å². The zero-order valence-corrected chi connectivity index (χ0v) is 10.3. The number of nitrogen functional groups attached to an aromatic ring is 1. The average molecular weight is 249 g/mol. The molecule has 0 saturated heterocycles. The number of aromatic hydroxyl groups is 1. The highest BCUT2D eigenvalue weighted by atomic mass is 16.5. The van der Waals surface area contributed by atoms with E-state index in [-0.39, 0.29) is 17.5 Å². The third-order valence-electron chi connectivity index (χ3n) is 2.66. The molecule has 1 aromatic carbocycles. The second kappa shape index (κ2) is 5.05. The number of aromatic nitrogens is 2. The number of nitrogens with zero attached hydrogens (tertiary/aromatic N) is 2. The lowest BCUT2D eigenvalue weighted by molar-refractivity contribution is 0.0903. The number of methoxy groups -OCH3 is 1. The number of hydrogen-bond donors (Lipinski definition) is 2. The average Bonchev–Trinajstić information content (AvgIpc) is 2.84. The van der Waals surface area contributed by atoms with E-state index < -0.39 is 0 Å². The van der Waals surface area contributed by atoms with Gasteiger partial charge in [-0.25, -0.2) is 0 Å². The third kappa shape index (κ3) is 2.28. The van der Waals surface area contributed by atoms with E-state index in [0.717, 1.165) is 6.42 Å². The summed E-state index contributed by atoms with van der Waals surface area (Å²) < 4.78 is 10.4. The van der Waals surface area contributed by atoms with Gasteiger partial charge in [0.2, 0.25) is 5.82 Å². The number of phenols is 1. The Morgan fingerprint density at radius 1 is 1.50 bits per heavy atom. The van der Waals surface area contributed by atoms with E-state index in [0.29, 0.717) is 17.3 Å². The van der Waals surface area contributed by atoms with Gasteiger partial charge in [0, 0.05) is 12.7 Å². The molecule has 6 heteroatoms. The molecule has 1 unspecified atom stereocenters. The van der Waals surface area contributed by atoms with E-state index in [2.05, 4.69) is 10.1 Å². The van der Waals surface area contributed by atoms with Crippen LogP contribution in [0, 0.1) is 0 Å². The summed E-state index contributed by atoms with van der Waals surface area (Å²) in [5.41, 5.74) is 6.54. The first-order chi connectivity index (χ1) is 8.65. The third-order valence-corrected chi connectivity index (χ3v) is 2.66. The lowest BCUT2D eigenvalue weighted by Gasteiger charge is -2.06. The summed E-state index contributed by atoms with van der Waals surface area (Å²) in [5.74, 6) is 0.885. The SMILES string of the molecule is CCC(OC)c1noc(-c2ccc(O)c(N)c2)n1.